The Morgan fingerprint density at radius 3 is 2.17 bits per heavy atom. The molecule has 0 spiro atoms. The van der Waals surface area contributed by atoms with Gasteiger partial charge in [0, 0.05) is 27.9 Å². The van der Waals surface area contributed by atoms with Crippen molar-refractivity contribution in [3.05, 3.63) is 101 Å². The smallest absolute Gasteiger partial charge is 0.436 e. The third-order valence-corrected chi connectivity index (χ3v) is 6.04. The number of anilines is 1. The zero-order valence-electron chi connectivity index (χ0n) is 23.1. The van der Waals surface area contributed by atoms with Crippen molar-refractivity contribution in [2.24, 2.45) is 10.7 Å². The molecule has 3 N–H and O–H groups in total. The summed E-state index contributed by atoms with van der Waals surface area (Å²) in [7, 11) is 0. The molecule has 1 heterocycles. The molecule has 2 amide bonds. The number of Topliss-reactive ketones (excluding diaryl/α,β-unsaturated/α-hetero) is 1. The Morgan fingerprint density at radius 1 is 0.900 bits per heavy atom. The molecule has 8 heteroatoms. The molecular formula is C32H31N3O5. The van der Waals surface area contributed by atoms with Crippen LogP contribution in [-0.4, -0.2) is 29.2 Å². The van der Waals surface area contributed by atoms with Crippen molar-refractivity contribution in [1.82, 2.24) is 0 Å². The maximum absolute atomic E-state index is 13.6. The van der Waals surface area contributed by atoms with E-state index in [9.17, 15) is 14.4 Å². The molecule has 4 aromatic rings. The molecule has 0 aliphatic carbocycles. The number of rotatable bonds is 6. The highest BCUT2D eigenvalue weighted by molar-refractivity contribution is 6.10. The zero-order valence-corrected chi connectivity index (χ0v) is 23.1. The number of aliphatic imine (C=N–C) groups is 1. The minimum Gasteiger partial charge on any atom is -0.464 e. The summed E-state index contributed by atoms with van der Waals surface area (Å²) >= 11 is 0. The minimum absolute atomic E-state index is 0.00467. The van der Waals surface area contributed by atoms with Crippen molar-refractivity contribution in [3.8, 4) is 22.5 Å². The summed E-state index contributed by atoms with van der Waals surface area (Å²) < 4.78 is 10.7. The van der Waals surface area contributed by atoms with Gasteiger partial charge in [-0.05, 0) is 99.8 Å². The second-order valence-corrected chi connectivity index (χ2v) is 10.3. The summed E-state index contributed by atoms with van der Waals surface area (Å²) in [5, 5.41) is 2.93. The second-order valence-electron chi connectivity index (χ2n) is 10.3. The number of amides is 2. The molecule has 0 radical (unpaired) electrons. The molecule has 1 aromatic heterocycles. The first-order valence-electron chi connectivity index (χ1n) is 12.7. The SMILES string of the molecule is CC(=O)c1ccc(-c2ccc(-c3ccco3)cc2C(=O)Nc2ccc(C(N)=NC(=O)OC(C)(C)C)cc2)c(C)c1. The lowest BCUT2D eigenvalue weighted by atomic mass is 9.92. The van der Waals surface area contributed by atoms with E-state index >= 15 is 0 Å². The molecule has 0 saturated heterocycles. The number of furan rings is 1. The number of nitrogens with zero attached hydrogens (tertiary/aromatic N) is 1. The number of nitrogens with two attached hydrogens (primary N) is 1. The first-order chi connectivity index (χ1) is 18.9. The summed E-state index contributed by atoms with van der Waals surface area (Å²) in [5.41, 5.74) is 10.5. The molecule has 0 aliphatic rings. The largest absolute Gasteiger partial charge is 0.464 e. The van der Waals surface area contributed by atoms with Crippen LogP contribution in [0.2, 0.25) is 0 Å². The molecule has 0 bridgehead atoms. The van der Waals surface area contributed by atoms with Crippen LogP contribution in [0.4, 0.5) is 10.5 Å². The number of ether oxygens (including phenoxy) is 1. The van der Waals surface area contributed by atoms with E-state index in [1.54, 1.807) is 69.5 Å². The van der Waals surface area contributed by atoms with E-state index in [0.717, 1.165) is 16.7 Å². The first kappa shape index (κ1) is 28.0. The van der Waals surface area contributed by atoms with E-state index in [4.69, 9.17) is 14.9 Å². The summed E-state index contributed by atoms with van der Waals surface area (Å²) in [6.45, 7) is 8.66. The van der Waals surface area contributed by atoms with Crippen molar-refractivity contribution in [2.45, 2.75) is 40.2 Å². The van der Waals surface area contributed by atoms with E-state index < -0.39 is 11.7 Å². The average molecular weight is 538 g/mol. The van der Waals surface area contributed by atoms with E-state index in [0.29, 0.717) is 33.7 Å². The van der Waals surface area contributed by atoms with Crippen molar-refractivity contribution < 1.29 is 23.5 Å². The molecule has 4 rings (SSSR count). The van der Waals surface area contributed by atoms with Gasteiger partial charge in [-0.1, -0.05) is 24.3 Å². The maximum atomic E-state index is 13.6. The Balaban J connectivity index is 1.64. The number of nitrogens with one attached hydrogen (secondary N) is 1. The van der Waals surface area contributed by atoms with Crippen LogP contribution >= 0.6 is 0 Å². The predicted octanol–water partition coefficient (Wildman–Crippen LogP) is 7.02. The van der Waals surface area contributed by atoms with Crippen molar-refractivity contribution in [1.29, 1.82) is 0 Å². The van der Waals surface area contributed by atoms with Gasteiger partial charge < -0.3 is 20.2 Å². The number of hydrogen-bond acceptors (Lipinski definition) is 5. The highest BCUT2D eigenvalue weighted by Crippen LogP contribution is 2.32. The van der Waals surface area contributed by atoms with Crippen molar-refractivity contribution >= 4 is 29.3 Å². The van der Waals surface area contributed by atoms with Gasteiger partial charge in [-0.2, -0.15) is 4.99 Å². The van der Waals surface area contributed by atoms with Crippen LogP contribution in [0.5, 0.6) is 0 Å². The van der Waals surface area contributed by atoms with Crippen molar-refractivity contribution in [3.63, 3.8) is 0 Å². The molecule has 3 aromatic carbocycles. The number of carbonyl (C=O) groups excluding carboxylic acids is 3. The fourth-order valence-corrected chi connectivity index (χ4v) is 4.12. The van der Waals surface area contributed by atoms with E-state index in [1.807, 2.05) is 37.3 Å². The quantitative estimate of drug-likeness (QED) is 0.155. The summed E-state index contributed by atoms with van der Waals surface area (Å²) in [4.78, 5) is 41.2. The lowest BCUT2D eigenvalue weighted by molar-refractivity contribution is 0.0604. The maximum Gasteiger partial charge on any atom is 0.436 e. The molecule has 8 nitrogen and oxygen atoms in total. The molecule has 0 aliphatic heterocycles. The van der Waals surface area contributed by atoms with Gasteiger partial charge in [0.25, 0.3) is 5.91 Å². The molecular weight excluding hydrogens is 506 g/mol. The standard InChI is InChI=1S/C32H31N3O5/c1-19-17-22(20(2)36)10-14-25(19)26-15-11-23(28-7-6-16-39-28)18-27(26)30(37)34-24-12-8-21(9-13-24)29(33)35-31(38)40-32(3,4)5/h6-18H,1-5H3,(H,34,37)(H2,33,35,38). The molecule has 40 heavy (non-hydrogen) atoms. The number of aryl methyl sites for hydroxylation is 1. The van der Waals surface area contributed by atoms with Gasteiger partial charge in [0.2, 0.25) is 0 Å². The fraction of sp³-hybridized carbons (Fsp3) is 0.188. The van der Waals surface area contributed by atoms with Crippen LogP contribution in [0.25, 0.3) is 22.5 Å². The predicted molar refractivity (Wildman–Crippen MR) is 156 cm³/mol. The van der Waals surface area contributed by atoms with Crippen LogP contribution in [-0.2, 0) is 4.74 Å². The third-order valence-electron chi connectivity index (χ3n) is 6.04. The van der Waals surface area contributed by atoms with Gasteiger partial charge in [-0.3, -0.25) is 9.59 Å². The zero-order chi connectivity index (χ0) is 29.0. The van der Waals surface area contributed by atoms with Gasteiger partial charge >= 0.3 is 6.09 Å². The van der Waals surface area contributed by atoms with Gasteiger partial charge in [0.1, 0.15) is 17.2 Å². The molecule has 0 unspecified atom stereocenters. The van der Waals surface area contributed by atoms with Gasteiger partial charge in [0.15, 0.2) is 5.78 Å². The minimum atomic E-state index is -0.780. The van der Waals surface area contributed by atoms with Crippen LogP contribution in [0.1, 0.15) is 59.5 Å². The molecule has 0 fully saturated rings. The number of amidine groups is 1. The number of benzene rings is 3. The van der Waals surface area contributed by atoms with Gasteiger partial charge in [-0.25, -0.2) is 4.79 Å². The van der Waals surface area contributed by atoms with Crippen LogP contribution in [0.3, 0.4) is 0 Å². The Labute approximate surface area is 232 Å². The van der Waals surface area contributed by atoms with Gasteiger partial charge in [0.05, 0.1) is 6.26 Å². The van der Waals surface area contributed by atoms with E-state index in [-0.39, 0.29) is 17.5 Å². The topological polar surface area (TPSA) is 124 Å². The number of hydrogen-bond donors (Lipinski definition) is 2. The lowest BCUT2D eigenvalue weighted by Crippen LogP contribution is -2.24. The number of carbonyl (C=O) groups is 3. The number of ketones is 1. The van der Waals surface area contributed by atoms with Gasteiger partial charge in [-0.15, -0.1) is 0 Å². The summed E-state index contributed by atoms with van der Waals surface area (Å²) in [5.74, 6) is 0.279. The van der Waals surface area contributed by atoms with Crippen LogP contribution < -0.4 is 11.1 Å². The summed E-state index contributed by atoms with van der Waals surface area (Å²) in [6.07, 6.45) is 0.797. The monoisotopic (exact) mass is 537 g/mol. The Kier molecular flexibility index (Phi) is 8.00. The van der Waals surface area contributed by atoms with Crippen LogP contribution in [0.15, 0.2) is 88.5 Å². The Hall–Kier alpha value is -4.98. The van der Waals surface area contributed by atoms with E-state index in [1.165, 1.54) is 6.92 Å². The fourth-order valence-electron chi connectivity index (χ4n) is 4.12. The highest BCUT2D eigenvalue weighted by Gasteiger charge is 2.19. The van der Waals surface area contributed by atoms with Crippen LogP contribution in [0, 0.1) is 6.92 Å². The average Bonchev–Trinajstić information content (AvgIpc) is 3.43. The Bertz CT molecular complexity index is 1590. The highest BCUT2D eigenvalue weighted by atomic mass is 16.6. The normalized spacial score (nSPS) is 11.7. The summed E-state index contributed by atoms with van der Waals surface area (Å²) in [6, 6.07) is 21.3. The molecule has 204 valence electrons. The lowest BCUT2D eigenvalue weighted by Gasteiger charge is -2.17. The molecule has 0 atom stereocenters. The second kappa shape index (κ2) is 11.4. The van der Waals surface area contributed by atoms with E-state index in [2.05, 4.69) is 10.3 Å². The first-order valence-corrected chi connectivity index (χ1v) is 12.7. The van der Waals surface area contributed by atoms with Crippen molar-refractivity contribution in [2.75, 3.05) is 5.32 Å². The third kappa shape index (κ3) is 6.71. The molecule has 0 saturated carbocycles. The Morgan fingerprint density at radius 2 is 1.57 bits per heavy atom.